The predicted molar refractivity (Wildman–Crippen MR) is 90.7 cm³/mol. The highest BCUT2D eigenvalue weighted by molar-refractivity contribution is 7.92. The first-order valence-corrected chi connectivity index (χ1v) is 8.88. The van der Waals surface area contributed by atoms with Gasteiger partial charge < -0.3 is 10.2 Å². The van der Waals surface area contributed by atoms with Crippen LogP contribution in [-0.4, -0.2) is 40.9 Å². The normalized spacial score (nSPS) is 11.7. The van der Waals surface area contributed by atoms with Gasteiger partial charge in [-0.2, -0.15) is 0 Å². The number of rotatable bonds is 8. The van der Waals surface area contributed by atoms with Gasteiger partial charge in [-0.3, -0.25) is 4.72 Å². The highest BCUT2D eigenvalue weighted by Gasteiger charge is 2.11. The van der Waals surface area contributed by atoms with E-state index in [-0.39, 0.29) is 5.75 Å². The van der Waals surface area contributed by atoms with Gasteiger partial charge in [0, 0.05) is 25.8 Å². The lowest BCUT2D eigenvalue weighted by atomic mass is 10.2. The summed E-state index contributed by atoms with van der Waals surface area (Å²) in [5.74, 6) is 0.123. The van der Waals surface area contributed by atoms with E-state index in [1.54, 1.807) is 6.07 Å². The molecule has 120 valence electrons. The van der Waals surface area contributed by atoms with Gasteiger partial charge in [0.1, 0.15) is 0 Å². The van der Waals surface area contributed by atoms with Crippen LogP contribution in [0.1, 0.15) is 25.8 Å². The summed E-state index contributed by atoms with van der Waals surface area (Å²) in [4.78, 5) is 1.97. The Morgan fingerprint density at radius 2 is 1.90 bits per heavy atom. The Morgan fingerprint density at radius 1 is 1.24 bits per heavy atom. The lowest BCUT2D eigenvalue weighted by Gasteiger charge is -2.17. The topological polar surface area (TPSA) is 61.4 Å². The summed E-state index contributed by atoms with van der Waals surface area (Å²) in [6.45, 7) is 6.80. The molecule has 0 aromatic heterocycles. The second kappa shape index (κ2) is 7.66. The molecule has 1 aromatic rings. The van der Waals surface area contributed by atoms with Crippen molar-refractivity contribution in [2.75, 3.05) is 36.0 Å². The SMILES string of the molecule is Cc1ccc(NS(=O)(=O)CCCNC(C)C)cc1N(C)C. The molecule has 21 heavy (non-hydrogen) atoms. The second-order valence-corrected chi connectivity index (χ2v) is 7.62. The minimum atomic E-state index is -3.30. The van der Waals surface area contributed by atoms with Crippen molar-refractivity contribution in [2.24, 2.45) is 0 Å². The summed E-state index contributed by atoms with van der Waals surface area (Å²) in [5, 5.41) is 3.21. The van der Waals surface area contributed by atoms with Crippen molar-refractivity contribution in [1.29, 1.82) is 0 Å². The molecule has 0 unspecified atom stereocenters. The maximum absolute atomic E-state index is 12.1. The van der Waals surface area contributed by atoms with Crippen molar-refractivity contribution in [3.8, 4) is 0 Å². The molecule has 0 heterocycles. The van der Waals surface area contributed by atoms with E-state index in [2.05, 4.69) is 10.0 Å². The quantitative estimate of drug-likeness (QED) is 0.722. The lowest BCUT2D eigenvalue weighted by molar-refractivity contribution is 0.571. The fraction of sp³-hybridized carbons (Fsp3) is 0.600. The van der Waals surface area contributed by atoms with Crippen molar-refractivity contribution in [2.45, 2.75) is 33.2 Å². The molecule has 0 aliphatic carbocycles. The number of benzene rings is 1. The van der Waals surface area contributed by atoms with Crippen LogP contribution in [-0.2, 0) is 10.0 Å². The molecule has 1 aromatic carbocycles. The van der Waals surface area contributed by atoms with Gasteiger partial charge in [0.25, 0.3) is 0 Å². The van der Waals surface area contributed by atoms with E-state index < -0.39 is 10.0 Å². The predicted octanol–water partition coefficient (Wildman–Crippen LogP) is 2.19. The summed E-state index contributed by atoms with van der Waals surface area (Å²) in [6, 6.07) is 5.96. The van der Waals surface area contributed by atoms with Crippen LogP contribution >= 0.6 is 0 Å². The zero-order chi connectivity index (χ0) is 16.0. The Labute approximate surface area is 128 Å². The Balaban J connectivity index is 2.65. The Bertz CT molecular complexity index is 554. The van der Waals surface area contributed by atoms with E-state index in [1.165, 1.54) is 0 Å². The van der Waals surface area contributed by atoms with E-state index in [9.17, 15) is 8.42 Å². The molecule has 0 aliphatic rings. The number of hydrogen-bond donors (Lipinski definition) is 2. The fourth-order valence-corrected chi connectivity index (χ4v) is 3.15. The standard InChI is InChI=1S/C15H27N3O2S/c1-12(2)16-9-6-10-21(19,20)17-14-8-7-13(3)15(11-14)18(4)5/h7-8,11-12,16-17H,6,9-10H2,1-5H3. The highest BCUT2D eigenvalue weighted by atomic mass is 32.2. The smallest absolute Gasteiger partial charge is 0.232 e. The number of nitrogens with zero attached hydrogens (tertiary/aromatic N) is 1. The molecule has 0 fully saturated rings. The van der Waals surface area contributed by atoms with E-state index in [4.69, 9.17) is 0 Å². The molecule has 1 rings (SSSR count). The van der Waals surface area contributed by atoms with Crippen LogP contribution in [0.2, 0.25) is 0 Å². The zero-order valence-corrected chi connectivity index (χ0v) is 14.4. The monoisotopic (exact) mass is 313 g/mol. The summed E-state index contributed by atoms with van der Waals surface area (Å²) in [5.41, 5.74) is 2.74. The Morgan fingerprint density at radius 3 is 2.48 bits per heavy atom. The molecule has 0 saturated heterocycles. The van der Waals surface area contributed by atoms with E-state index in [0.717, 1.165) is 11.3 Å². The molecule has 0 amide bonds. The van der Waals surface area contributed by atoms with Crippen LogP contribution in [0.25, 0.3) is 0 Å². The molecule has 0 bridgehead atoms. The second-order valence-electron chi connectivity index (χ2n) is 5.78. The summed E-state index contributed by atoms with van der Waals surface area (Å²) < 4.78 is 26.8. The third-order valence-electron chi connectivity index (χ3n) is 3.11. The molecule has 6 heteroatoms. The molecular formula is C15H27N3O2S. The minimum absolute atomic E-state index is 0.123. The first kappa shape index (κ1) is 17.8. The largest absolute Gasteiger partial charge is 0.377 e. The average Bonchev–Trinajstić information content (AvgIpc) is 2.36. The van der Waals surface area contributed by atoms with E-state index in [0.29, 0.717) is 24.7 Å². The molecule has 2 N–H and O–H groups in total. The highest BCUT2D eigenvalue weighted by Crippen LogP contribution is 2.23. The first-order chi connectivity index (χ1) is 9.71. The Kier molecular flexibility index (Phi) is 6.48. The molecule has 0 radical (unpaired) electrons. The molecule has 0 aliphatic heterocycles. The third kappa shape index (κ3) is 6.35. The van der Waals surface area contributed by atoms with Crippen molar-refractivity contribution in [1.82, 2.24) is 5.32 Å². The molecular weight excluding hydrogens is 286 g/mol. The van der Waals surface area contributed by atoms with Crippen LogP contribution < -0.4 is 14.9 Å². The van der Waals surface area contributed by atoms with Gasteiger partial charge in [-0.05, 0) is 37.6 Å². The maximum atomic E-state index is 12.1. The first-order valence-electron chi connectivity index (χ1n) is 7.23. The van der Waals surface area contributed by atoms with Crippen LogP contribution in [0, 0.1) is 6.92 Å². The van der Waals surface area contributed by atoms with Gasteiger partial charge in [0.15, 0.2) is 0 Å². The van der Waals surface area contributed by atoms with Gasteiger partial charge in [-0.15, -0.1) is 0 Å². The van der Waals surface area contributed by atoms with Crippen LogP contribution in [0.3, 0.4) is 0 Å². The van der Waals surface area contributed by atoms with Crippen molar-refractivity contribution in [3.05, 3.63) is 23.8 Å². The molecule has 0 atom stereocenters. The fourth-order valence-electron chi connectivity index (χ4n) is 2.04. The zero-order valence-electron chi connectivity index (χ0n) is 13.6. The number of sulfonamides is 1. The van der Waals surface area contributed by atoms with Gasteiger partial charge in [0.2, 0.25) is 10.0 Å². The van der Waals surface area contributed by atoms with Crippen LogP contribution in [0.5, 0.6) is 0 Å². The van der Waals surface area contributed by atoms with Crippen LogP contribution in [0.15, 0.2) is 18.2 Å². The Hall–Kier alpha value is -1.27. The lowest BCUT2D eigenvalue weighted by Crippen LogP contribution is -2.26. The van der Waals surface area contributed by atoms with Crippen molar-refractivity contribution < 1.29 is 8.42 Å². The van der Waals surface area contributed by atoms with E-state index >= 15 is 0 Å². The van der Waals surface area contributed by atoms with Gasteiger partial charge in [0.05, 0.1) is 11.4 Å². The molecule has 5 nitrogen and oxygen atoms in total. The summed E-state index contributed by atoms with van der Waals surface area (Å²) in [7, 11) is 0.589. The van der Waals surface area contributed by atoms with E-state index in [1.807, 2.05) is 51.9 Å². The minimum Gasteiger partial charge on any atom is -0.377 e. The number of nitrogens with one attached hydrogen (secondary N) is 2. The van der Waals surface area contributed by atoms with Gasteiger partial charge in [-0.1, -0.05) is 19.9 Å². The van der Waals surface area contributed by atoms with Crippen molar-refractivity contribution in [3.63, 3.8) is 0 Å². The number of anilines is 2. The maximum Gasteiger partial charge on any atom is 0.232 e. The van der Waals surface area contributed by atoms with Gasteiger partial charge in [-0.25, -0.2) is 8.42 Å². The summed E-state index contributed by atoms with van der Waals surface area (Å²) in [6.07, 6.45) is 0.597. The van der Waals surface area contributed by atoms with Crippen LogP contribution in [0.4, 0.5) is 11.4 Å². The van der Waals surface area contributed by atoms with Crippen molar-refractivity contribution >= 4 is 21.4 Å². The third-order valence-corrected chi connectivity index (χ3v) is 4.48. The number of hydrogen-bond acceptors (Lipinski definition) is 4. The number of aryl methyl sites for hydroxylation is 1. The molecule has 0 saturated carbocycles. The van der Waals surface area contributed by atoms with Gasteiger partial charge >= 0.3 is 0 Å². The summed E-state index contributed by atoms with van der Waals surface area (Å²) >= 11 is 0. The molecule has 0 spiro atoms. The average molecular weight is 313 g/mol.